The molecule has 3 aromatic rings. The molecule has 0 atom stereocenters. The van der Waals surface area contributed by atoms with Gasteiger partial charge < -0.3 is 0 Å². The molecule has 138 valence electrons. The number of nitrogens with one attached hydrogen (secondary N) is 1. The van der Waals surface area contributed by atoms with Gasteiger partial charge in [-0.1, -0.05) is 12.1 Å². The number of rotatable bonds is 4. The van der Waals surface area contributed by atoms with E-state index in [1.165, 1.54) is 19.2 Å². The first-order valence-electron chi connectivity index (χ1n) is 7.37. The Labute approximate surface area is 152 Å². The van der Waals surface area contributed by atoms with Gasteiger partial charge in [-0.25, -0.2) is 8.42 Å². The second-order valence-electron chi connectivity index (χ2n) is 5.59. The van der Waals surface area contributed by atoms with Crippen LogP contribution in [0, 0.1) is 6.92 Å². The largest absolute Gasteiger partial charge is 0.432 e. The van der Waals surface area contributed by atoms with Gasteiger partial charge in [-0.15, -0.1) is 11.3 Å². The lowest BCUT2D eigenvalue weighted by Gasteiger charge is -2.18. The first-order chi connectivity index (χ1) is 12.1. The van der Waals surface area contributed by atoms with Crippen molar-refractivity contribution in [3.8, 4) is 10.6 Å². The fourth-order valence-corrected chi connectivity index (χ4v) is 4.91. The van der Waals surface area contributed by atoms with E-state index in [4.69, 9.17) is 0 Å². The minimum atomic E-state index is -4.54. The zero-order valence-electron chi connectivity index (χ0n) is 13.7. The Kier molecular flexibility index (Phi) is 4.57. The summed E-state index contributed by atoms with van der Waals surface area (Å²) < 4.78 is 64.7. The third kappa shape index (κ3) is 3.47. The minimum Gasteiger partial charge on any atom is -0.273 e. The Hall–Kier alpha value is -2.33. The second-order valence-corrected chi connectivity index (χ2v) is 8.87. The van der Waals surface area contributed by atoms with Crippen LogP contribution < -0.4 is 4.31 Å². The molecular formula is C16H14F3N3O2S2. The molecule has 2 aromatic heterocycles. The Morgan fingerprint density at radius 2 is 1.88 bits per heavy atom. The normalized spacial score (nSPS) is 12.3. The number of hydrogen-bond acceptors (Lipinski definition) is 4. The maximum Gasteiger partial charge on any atom is 0.432 e. The second kappa shape index (κ2) is 6.44. The van der Waals surface area contributed by atoms with E-state index < -0.39 is 21.9 Å². The lowest BCUT2D eigenvalue weighted by Crippen LogP contribution is -2.25. The van der Waals surface area contributed by atoms with Crippen LogP contribution in [0.15, 0.2) is 46.7 Å². The quantitative estimate of drug-likeness (QED) is 0.709. The van der Waals surface area contributed by atoms with E-state index in [0.717, 1.165) is 27.3 Å². The summed E-state index contributed by atoms with van der Waals surface area (Å²) in [4.78, 5) is 0.327. The van der Waals surface area contributed by atoms with Crippen LogP contribution in [0.1, 0.15) is 11.3 Å². The molecule has 1 N–H and O–H groups in total. The lowest BCUT2D eigenvalue weighted by atomic mass is 10.2. The van der Waals surface area contributed by atoms with Crippen molar-refractivity contribution in [1.82, 2.24) is 10.2 Å². The Bertz CT molecular complexity index is 1040. The first kappa shape index (κ1) is 18.5. The fourth-order valence-electron chi connectivity index (χ4n) is 2.29. The van der Waals surface area contributed by atoms with Gasteiger partial charge in [0, 0.05) is 7.05 Å². The van der Waals surface area contributed by atoms with Gasteiger partial charge >= 0.3 is 6.18 Å². The van der Waals surface area contributed by atoms with Crippen molar-refractivity contribution in [1.29, 1.82) is 0 Å². The maximum atomic E-state index is 12.8. The molecule has 0 aliphatic rings. The van der Waals surface area contributed by atoms with Gasteiger partial charge in [0.15, 0.2) is 0 Å². The molecule has 0 bridgehead atoms. The highest BCUT2D eigenvalue weighted by molar-refractivity contribution is 7.94. The van der Waals surface area contributed by atoms with Crippen molar-refractivity contribution in [3.05, 3.63) is 53.7 Å². The zero-order valence-corrected chi connectivity index (χ0v) is 15.3. The Morgan fingerprint density at radius 1 is 1.15 bits per heavy atom. The van der Waals surface area contributed by atoms with Crippen LogP contribution in [-0.4, -0.2) is 25.7 Å². The molecule has 10 heteroatoms. The number of aryl methyl sites for hydroxylation is 1. The van der Waals surface area contributed by atoms with E-state index in [2.05, 4.69) is 5.10 Å². The molecule has 26 heavy (non-hydrogen) atoms. The molecule has 5 nitrogen and oxygen atoms in total. The third-order valence-corrected chi connectivity index (χ3v) is 7.06. The fraction of sp³-hybridized carbons (Fsp3) is 0.188. The van der Waals surface area contributed by atoms with Crippen LogP contribution >= 0.6 is 11.3 Å². The predicted molar refractivity (Wildman–Crippen MR) is 93.7 cm³/mol. The number of benzene rings is 1. The van der Waals surface area contributed by atoms with Crippen molar-refractivity contribution in [2.24, 2.45) is 0 Å². The molecule has 3 rings (SSSR count). The molecule has 2 heterocycles. The summed E-state index contributed by atoms with van der Waals surface area (Å²) in [5, 5.41) is 5.54. The van der Waals surface area contributed by atoms with Gasteiger partial charge in [-0.2, -0.15) is 18.3 Å². The molecule has 0 radical (unpaired) electrons. The SMILES string of the molecule is Cc1cccc(N(C)S(=O)(=O)c2ccc(-c3cc(C(F)(F)F)[nH]n3)s2)c1. The lowest BCUT2D eigenvalue weighted by molar-refractivity contribution is -0.141. The number of halogens is 3. The molecule has 0 aliphatic heterocycles. The molecule has 0 saturated heterocycles. The van der Waals surface area contributed by atoms with Gasteiger partial charge in [-0.05, 0) is 42.8 Å². The van der Waals surface area contributed by atoms with E-state index >= 15 is 0 Å². The van der Waals surface area contributed by atoms with Crippen LogP contribution in [-0.2, 0) is 16.2 Å². The summed E-state index contributed by atoms with van der Waals surface area (Å²) in [5.74, 6) is 0. The van der Waals surface area contributed by atoms with Crippen molar-refractivity contribution in [2.45, 2.75) is 17.3 Å². The van der Waals surface area contributed by atoms with Crippen molar-refractivity contribution >= 4 is 27.0 Å². The van der Waals surface area contributed by atoms with Gasteiger partial charge in [-0.3, -0.25) is 9.40 Å². The van der Waals surface area contributed by atoms with Crippen molar-refractivity contribution in [3.63, 3.8) is 0 Å². The zero-order chi connectivity index (χ0) is 19.1. The highest BCUT2D eigenvalue weighted by atomic mass is 32.2. The number of aromatic nitrogens is 2. The average Bonchev–Trinajstić information content (AvgIpc) is 3.22. The topological polar surface area (TPSA) is 66.1 Å². The van der Waals surface area contributed by atoms with Crippen LogP contribution in [0.2, 0.25) is 0 Å². The number of aromatic amines is 1. The molecular weight excluding hydrogens is 387 g/mol. The summed E-state index contributed by atoms with van der Waals surface area (Å²) in [6.07, 6.45) is -4.54. The smallest absolute Gasteiger partial charge is 0.273 e. The number of thiophene rings is 1. The number of alkyl halides is 3. The van der Waals surface area contributed by atoms with Crippen LogP contribution in [0.5, 0.6) is 0 Å². The van der Waals surface area contributed by atoms with Crippen molar-refractivity contribution in [2.75, 3.05) is 11.4 Å². The van der Waals surface area contributed by atoms with Gasteiger partial charge in [0.25, 0.3) is 10.0 Å². The standard InChI is InChI=1S/C16H14F3N3O2S2/c1-10-4-3-5-11(8-10)22(2)26(23,24)15-7-6-13(25-15)12-9-14(21-20-12)16(17,18)19/h3-9H,1-2H3,(H,20,21). The third-order valence-electron chi connectivity index (χ3n) is 3.70. The van der Waals surface area contributed by atoms with Gasteiger partial charge in [0.2, 0.25) is 0 Å². The maximum absolute atomic E-state index is 12.8. The summed E-state index contributed by atoms with van der Waals surface area (Å²) in [6, 6.07) is 10.7. The molecule has 0 spiro atoms. The van der Waals surface area contributed by atoms with Crippen LogP contribution in [0.3, 0.4) is 0 Å². The first-order valence-corrected chi connectivity index (χ1v) is 9.63. The van der Waals surface area contributed by atoms with E-state index in [0.29, 0.717) is 10.6 Å². The molecule has 1 aromatic carbocycles. The summed E-state index contributed by atoms with van der Waals surface area (Å²) >= 11 is 0.865. The minimum absolute atomic E-state index is 0.0214. The Morgan fingerprint density at radius 3 is 2.50 bits per heavy atom. The Balaban J connectivity index is 1.92. The highest BCUT2D eigenvalue weighted by Crippen LogP contribution is 2.35. The number of nitrogens with zero attached hydrogens (tertiary/aromatic N) is 2. The predicted octanol–water partition coefficient (Wildman–Crippen LogP) is 4.29. The van der Waals surface area contributed by atoms with Gasteiger partial charge in [0.05, 0.1) is 10.6 Å². The van der Waals surface area contributed by atoms with E-state index in [1.54, 1.807) is 18.2 Å². The number of anilines is 1. The van der Waals surface area contributed by atoms with Crippen molar-refractivity contribution < 1.29 is 21.6 Å². The highest BCUT2D eigenvalue weighted by Gasteiger charge is 2.33. The summed E-state index contributed by atoms with van der Waals surface area (Å²) in [7, 11) is -2.40. The van der Waals surface area contributed by atoms with Crippen LogP contribution in [0.4, 0.5) is 18.9 Å². The average molecular weight is 401 g/mol. The molecule has 0 aliphatic carbocycles. The summed E-state index contributed by atoms with van der Waals surface area (Å²) in [6.45, 7) is 1.85. The van der Waals surface area contributed by atoms with Crippen LogP contribution in [0.25, 0.3) is 10.6 Å². The van der Waals surface area contributed by atoms with Gasteiger partial charge in [0.1, 0.15) is 15.6 Å². The number of sulfonamides is 1. The molecule has 0 amide bonds. The monoisotopic (exact) mass is 401 g/mol. The molecule has 0 fully saturated rings. The van der Waals surface area contributed by atoms with E-state index in [1.807, 2.05) is 18.1 Å². The van der Waals surface area contributed by atoms with E-state index in [9.17, 15) is 21.6 Å². The molecule has 0 unspecified atom stereocenters. The van der Waals surface area contributed by atoms with E-state index in [-0.39, 0.29) is 9.90 Å². The number of H-pyrrole nitrogens is 1. The number of hydrogen-bond donors (Lipinski definition) is 1. The molecule has 0 saturated carbocycles. The summed E-state index contributed by atoms with van der Waals surface area (Å²) in [5.41, 5.74) is 0.468.